The van der Waals surface area contributed by atoms with Crippen molar-refractivity contribution in [3.8, 4) is 0 Å². The fraction of sp³-hybridized carbons (Fsp3) is 0.688. The lowest BCUT2D eigenvalue weighted by molar-refractivity contribution is -0.140. The molecule has 3 heterocycles. The summed E-state index contributed by atoms with van der Waals surface area (Å²) in [4.78, 5) is 34.7. The molecule has 0 unspecified atom stereocenters. The first-order chi connectivity index (χ1) is 11.1. The van der Waals surface area contributed by atoms with Gasteiger partial charge in [-0.05, 0) is 13.0 Å². The fourth-order valence-electron chi connectivity index (χ4n) is 3.50. The van der Waals surface area contributed by atoms with Crippen LogP contribution in [0.25, 0.3) is 0 Å². The Hall–Kier alpha value is -1.89. The molecule has 0 bridgehead atoms. The van der Waals surface area contributed by atoms with Crippen molar-refractivity contribution in [2.45, 2.75) is 25.8 Å². The largest absolute Gasteiger partial charge is 0.338 e. The van der Waals surface area contributed by atoms with E-state index in [1.54, 1.807) is 11.1 Å². The number of carbonyl (C=O) groups is 2. The molecule has 0 aliphatic carbocycles. The van der Waals surface area contributed by atoms with Crippen molar-refractivity contribution in [3.05, 3.63) is 18.2 Å². The Balaban J connectivity index is 1.68. The lowest BCUT2D eigenvalue weighted by atomic mass is 10.1. The number of imidazole rings is 1. The van der Waals surface area contributed by atoms with Gasteiger partial charge in [-0.25, -0.2) is 4.98 Å². The molecule has 126 valence electrons. The van der Waals surface area contributed by atoms with Crippen LogP contribution < -0.4 is 0 Å². The van der Waals surface area contributed by atoms with Gasteiger partial charge in [0.25, 0.3) is 0 Å². The molecule has 2 fully saturated rings. The van der Waals surface area contributed by atoms with Gasteiger partial charge >= 0.3 is 0 Å². The number of aryl methyl sites for hydroxylation is 1. The highest BCUT2D eigenvalue weighted by Crippen LogP contribution is 2.24. The molecule has 7 nitrogen and oxygen atoms in total. The molecule has 2 saturated heterocycles. The van der Waals surface area contributed by atoms with E-state index in [4.69, 9.17) is 0 Å². The van der Waals surface area contributed by atoms with Crippen LogP contribution in [0.15, 0.2) is 12.4 Å². The second-order valence-corrected chi connectivity index (χ2v) is 6.30. The zero-order valence-corrected chi connectivity index (χ0v) is 13.9. The van der Waals surface area contributed by atoms with Crippen LogP contribution in [-0.4, -0.2) is 75.3 Å². The van der Waals surface area contributed by atoms with Crippen LogP contribution in [0.2, 0.25) is 0 Å². The first kappa shape index (κ1) is 16.0. The number of aromatic nitrogens is 2. The minimum atomic E-state index is 0.0511. The van der Waals surface area contributed by atoms with E-state index in [0.29, 0.717) is 19.5 Å². The topological polar surface area (TPSA) is 61.7 Å². The predicted octanol–water partition coefficient (Wildman–Crippen LogP) is 0.248. The second-order valence-electron chi connectivity index (χ2n) is 6.30. The van der Waals surface area contributed by atoms with Crippen molar-refractivity contribution in [2.24, 2.45) is 7.05 Å². The summed E-state index contributed by atoms with van der Waals surface area (Å²) in [7, 11) is 1.99. The third-order valence-electron chi connectivity index (χ3n) is 4.90. The minimum absolute atomic E-state index is 0.0511. The standard InChI is InChI=1S/C16H25N5O2/c1-3-19-9-10-21(11-13(19)16-17-6-8-18(16)2)15(23)12-20-7-4-5-14(20)22/h6,8,13H,3-5,7,9-12H2,1-2H3/t13-/m0/s1. The highest BCUT2D eigenvalue weighted by atomic mass is 16.2. The Kier molecular flexibility index (Phi) is 4.66. The minimum Gasteiger partial charge on any atom is -0.338 e. The SMILES string of the molecule is CCN1CCN(C(=O)CN2CCCC2=O)C[C@H]1c1nccn1C. The average molecular weight is 319 g/mol. The molecule has 1 aromatic rings. The van der Waals surface area contributed by atoms with Crippen molar-refractivity contribution < 1.29 is 9.59 Å². The van der Waals surface area contributed by atoms with Gasteiger partial charge in [-0.1, -0.05) is 6.92 Å². The summed E-state index contributed by atoms with van der Waals surface area (Å²) in [6.07, 6.45) is 5.18. The second kappa shape index (κ2) is 6.70. The third-order valence-corrected chi connectivity index (χ3v) is 4.90. The summed E-state index contributed by atoms with van der Waals surface area (Å²) in [6.45, 7) is 6.20. The molecule has 2 amide bonds. The third kappa shape index (κ3) is 3.24. The van der Waals surface area contributed by atoms with Gasteiger partial charge in [-0.2, -0.15) is 0 Å². The first-order valence-electron chi connectivity index (χ1n) is 8.37. The highest BCUT2D eigenvalue weighted by molar-refractivity contribution is 5.86. The summed E-state index contributed by atoms with van der Waals surface area (Å²) in [6, 6.07) is 0.118. The van der Waals surface area contributed by atoms with Crippen LogP contribution in [0.3, 0.4) is 0 Å². The van der Waals surface area contributed by atoms with Crippen molar-refractivity contribution >= 4 is 11.8 Å². The van der Waals surface area contributed by atoms with E-state index in [9.17, 15) is 9.59 Å². The molecule has 23 heavy (non-hydrogen) atoms. The molecule has 3 rings (SSSR count). The zero-order valence-electron chi connectivity index (χ0n) is 13.9. The van der Waals surface area contributed by atoms with E-state index in [0.717, 1.165) is 31.9 Å². The molecule has 0 N–H and O–H groups in total. The lowest BCUT2D eigenvalue weighted by Crippen LogP contribution is -2.53. The Morgan fingerprint density at radius 3 is 2.78 bits per heavy atom. The number of amides is 2. The number of rotatable bonds is 4. The van der Waals surface area contributed by atoms with E-state index in [1.165, 1.54) is 0 Å². The number of likely N-dealkylation sites (N-methyl/N-ethyl adjacent to an activating group) is 1. The smallest absolute Gasteiger partial charge is 0.242 e. The highest BCUT2D eigenvalue weighted by Gasteiger charge is 2.33. The van der Waals surface area contributed by atoms with E-state index in [1.807, 2.05) is 22.7 Å². The lowest BCUT2D eigenvalue weighted by Gasteiger charge is -2.41. The molecule has 7 heteroatoms. The molecule has 0 spiro atoms. The van der Waals surface area contributed by atoms with Gasteiger partial charge < -0.3 is 14.4 Å². The van der Waals surface area contributed by atoms with Crippen LogP contribution in [0, 0.1) is 0 Å². The van der Waals surface area contributed by atoms with Gasteiger partial charge in [0.1, 0.15) is 5.82 Å². The van der Waals surface area contributed by atoms with Gasteiger partial charge in [0.2, 0.25) is 11.8 Å². The van der Waals surface area contributed by atoms with E-state index < -0.39 is 0 Å². The summed E-state index contributed by atoms with van der Waals surface area (Å²) in [5, 5.41) is 0. The molecule has 0 saturated carbocycles. The maximum absolute atomic E-state index is 12.6. The van der Waals surface area contributed by atoms with Crippen LogP contribution >= 0.6 is 0 Å². The summed E-state index contributed by atoms with van der Waals surface area (Å²) in [5.41, 5.74) is 0. The maximum atomic E-state index is 12.6. The summed E-state index contributed by atoms with van der Waals surface area (Å²) in [5.74, 6) is 1.14. The summed E-state index contributed by atoms with van der Waals surface area (Å²) >= 11 is 0. The van der Waals surface area contributed by atoms with Gasteiger partial charge in [-0.15, -0.1) is 0 Å². The van der Waals surface area contributed by atoms with Crippen LogP contribution in [0.5, 0.6) is 0 Å². The van der Waals surface area contributed by atoms with Gasteiger partial charge in [0.05, 0.1) is 12.6 Å². The molecule has 2 aliphatic heterocycles. The van der Waals surface area contributed by atoms with E-state index in [-0.39, 0.29) is 24.4 Å². The fourth-order valence-corrected chi connectivity index (χ4v) is 3.50. The predicted molar refractivity (Wildman–Crippen MR) is 85.6 cm³/mol. The number of hydrogen-bond donors (Lipinski definition) is 0. The Morgan fingerprint density at radius 1 is 1.35 bits per heavy atom. The summed E-state index contributed by atoms with van der Waals surface area (Å²) < 4.78 is 2.02. The van der Waals surface area contributed by atoms with Crippen LogP contribution in [0.1, 0.15) is 31.6 Å². The van der Waals surface area contributed by atoms with Crippen molar-refractivity contribution in [2.75, 3.05) is 39.3 Å². The van der Waals surface area contributed by atoms with E-state index in [2.05, 4.69) is 16.8 Å². The number of carbonyl (C=O) groups excluding carboxylic acids is 2. The number of piperazine rings is 1. The molecule has 0 radical (unpaired) electrons. The number of hydrogen-bond acceptors (Lipinski definition) is 4. The number of nitrogens with zero attached hydrogens (tertiary/aromatic N) is 5. The Labute approximate surface area is 136 Å². The molecular formula is C16H25N5O2. The molecular weight excluding hydrogens is 294 g/mol. The molecule has 1 atom stereocenters. The van der Waals surface area contributed by atoms with Crippen LogP contribution in [-0.2, 0) is 16.6 Å². The molecule has 0 aromatic carbocycles. The molecule has 2 aliphatic rings. The van der Waals surface area contributed by atoms with E-state index >= 15 is 0 Å². The molecule has 1 aromatic heterocycles. The van der Waals surface area contributed by atoms with Crippen molar-refractivity contribution in [1.82, 2.24) is 24.3 Å². The zero-order chi connectivity index (χ0) is 16.4. The first-order valence-corrected chi connectivity index (χ1v) is 8.37. The Bertz CT molecular complexity index is 585. The van der Waals surface area contributed by atoms with Crippen LogP contribution in [0.4, 0.5) is 0 Å². The number of likely N-dealkylation sites (tertiary alicyclic amines) is 1. The average Bonchev–Trinajstić information content (AvgIpc) is 3.15. The maximum Gasteiger partial charge on any atom is 0.242 e. The van der Waals surface area contributed by atoms with Crippen molar-refractivity contribution in [3.63, 3.8) is 0 Å². The van der Waals surface area contributed by atoms with Crippen molar-refractivity contribution in [1.29, 1.82) is 0 Å². The quantitative estimate of drug-likeness (QED) is 0.798. The normalized spacial score (nSPS) is 22.9. The van der Waals surface area contributed by atoms with Gasteiger partial charge in [-0.3, -0.25) is 14.5 Å². The Morgan fingerprint density at radius 2 is 2.17 bits per heavy atom. The monoisotopic (exact) mass is 319 g/mol. The van der Waals surface area contributed by atoms with Gasteiger partial charge in [0.15, 0.2) is 0 Å². The van der Waals surface area contributed by atoms with Gasteiger partial charge in [0, 0.05) is 52.0 Å².